The van der Waals surface area contributed by atoms with Crippen LogP contribution in [0.5, 0.6) is 0 Å². The van der Waals surface area contributed by atoms with E-state index in [1.54, 1.807) is 0 Å². The number of aromatic nitrogens is 2. The van der Waals surface area contributed by atoms with Crippen LogP contribution in [0.15, 0.2) is 0 Å². The molecule has 0 spiro atoms. The van der Waals surface area contributed by atoms with Gasteiger partial charge >= 0.3 is 0 Å². The smallest absolute Gasteiger partial charge is 0.0644 e. The van der Waals surface area contributed by atoms with E-state index in [4.69, 9.17) is 5.11 Å². The lowest BCUT2D eigenvalue weighted by atomic mass is 10.2. The minimum Gasteiger partial charge on any atom is -0.394 e. The van der Waals surface area contributed by atoms with Crippen LogP contribution < -0.4 is 5.32 Å². The van der Waals surface area contributed by atoms with Gasteiger partial charge in [-0.3, -0.25) is 4.68 Å². The van der Waals surface area contributed by atoms with Gasteiger partial charge in [-0.15, -0.1) is 12.4 Å². The topological polar surface area (TPSA) is 50.1 Å². The van der Waals surface area contributed by atoms with Gasteiger partial charge in [-0.05, 0) is 39.2 Å². The lowest BCUT2D eigenvalue weighted by Crippen LogP contribution is -2.17. The highest BCUT2D eigenvalue weighted by molar-refractivity contribution is 5.85. The summed E-state index contributed by atoms with van der Waals surface area (Å²) in [6.07, 6.45) is 2.77. The highest BCUT2D eigenvalue weighted by atomic mass is 35.5. The molecule has 4 nitrogen and oxygen atoms in total. The standard InChI is InChI=1S/C12H21N3O.ClH/c1-9-12(8-13-7-11-3-4-11)10(2)15(14-9)5-6-16;/h11,13,16H,3-8H2,1-2H3;1H. The van der Waals surface area contributed by atoms with Gasteiger partial charge in [-0.1, -0.05) is 0 Å². The van der Waals surface area contributed by atoms with Crippen molar-refractivity contribution in [2.75, 3.05) is 13.2 Å². The van der Waals surface area contributed by atoms with Crippen LogP contribution in [0.1, 0.15) is 29.8 Å². The van der Waals surface area contributed by atoms with Crippen molar-refractivity contribution in [3.05, 3.63) is 17.0 Å². The Morgan fingerprint density at radius 1 is 1.41 bits per heavy atom. The second kappa shape index (κ2) is 6.38. The third-order valence-electron chi connectivity index (χ3n) is 3.27. The van der Waals surface area contributed by atoms with Crippen molar-refractivity contribution in [3.63, 3.8) is 0 Å². The zero-order chi connectivity index (χ0) is 11.5. The van der Waals surface area contributed by atoms with Gasteiger partial charge in [0.1, 0.15) is 0 Å². The van der Waals surface area contributed by atoms with Gasteiger partial charge < -0.3 is 10.4 Å². The molecule has 1 heterocycles. The molecule has 1 aromatic heterocycles. The predicted octanol–water partition coefficient (Wildman–Crippen LogP) is 1.41. The number of hydrogen-bond donors (Lipinski definition) is 2. The van der Waals surface area contributed by atoms with E-state index in [0.717, 1.165) is 24.7 Å². The zero-order valence-corrected chi connectivity index (χ0v) is 11.4. The van der Waals surface area contributed by atoms with Crippen molar-refractivity contribution in [1.82, 2.24) is 15.1 Å². The Labute approximate surface area is 109 Å². The number of rotatable bonds is 6. The average Bonchev–Trinajstić information content (AvgIpc) is 3.02. The van der Waals surface area contributed by atoms with Gasteiger partial charge in [0, 0.05) is 17.8 Å². The predicted molar refractivity (Wildman–Crippen MR) is 70.5 cm³/mol. The summed E-state index contributed by atoms with van der Waals surface area (Å²) in [6, 6.07) is 0. The molecule has 1 saturated carbocycles. The Balaban J connectivity index is 0.00000144. The van der Waals surface area contributed by atoms with Crippen molar-refractivity contribution in [3.8, 4) is 0 Å². The lowest BCUT2D eigenvalue weighted by molar-refractivity contribution is 0.267. The number of aliphatic hydroxyl groups excluding tert-OH is 1. The van der Waals surface area contributed by atoms with E-state index in [0.29, 0.717) is 6.54 Å². The molecule has 1 aromatic rings. The second-order valence-corrected chi connectivity index (χ2v) is 4.67. The molecule has 2 N–H and O–H groups in total. The Kier molecular flexibility index (Phi) is 5.43. The maximum atomic E-state index is 8.92. The Bertz CT molecular complexity index is 361. The van der Waals surface area contributed by atoms with Crippen molar-refractivity contribution < 1.29 is 5.11 Å². The first-order valence-corrected chi connectivity index (χ1v) is 6.07. The summed E-state index contributed by atoms with van der Waals surface area (Å²) in [5.74, 6) is 0.910. The van der Waals surface area contributed by atoms with Gasteiger partial charge in [-0.25, -0.2) is 0 Å². The van der Waals surface area contributed by atoms with Gasteiger partial charge in [-0.2, -0.15) is 5.10 Å². The highest BCUT2D eigenvalue weighted by Crippen LogP contribution is 2.27. The van der Waals surface area contributed by atoms with Crippen LogP contribution in [0.25, 0.3) is 0 Å². The molecule has 1 fully saturated rings. The van der Waals surface area contributed by atoms with E-state index in [2.05, 4.69) is 17.3 Å². The minimum absolute atomic E-state index is 0. The molecule has 0 aromatic carbocycles. The Hall–Kier alpha value is -0.580. The fraction of sp³-hybridized carbons (Fsp3) is 0.750. The quantitative estimate of drug-likeness (QED) is 0.812. The molecular weight excluding hydrogens is 238 g/mol. The molecule has 0 aliphatic heterocycles. The van der Waals surface area contributed by atoms with Crippen LogP contribution in [0.2, 0.25) is 0 Å². The number of halogens is 1. The van der Waals surface area contributed by atoms with Crippen LogP contribution in [-0.4, -0.2) is 28.0 Å². The van der Waals surface area contributed by atoms with E-state index in [-0.39, 0.29) is 19.0 Å². The summed E-state index contributed by atoms with van der Waals surface area (Å²) in [5, 5.41) is 16.8. The molecule has 1 aliphatic rings. The highest BCUT2D eigenvalue weighted by Gasteiger charge is 2.20. The molecule has 5 heteroatoms. The summed E-state index contributed by atoms with van der Waals surface area (Å²) in [7, 11) is 0. The summed E-state index contributed by atoms with van der Waals surface area (Å²) < 4.78 is 1.89. The first-order valence-electron chi connectivity index (χ1n) is 6.07. The number of nitrogens with zero attached hydrogens (tertiary/aromatic N) is 2. The largest absolute Gasteiger partial charge is 0.394 e. The molecule has 98 valence electrons. The normalized spacial score (nSPS) is 14.8. The third-order valence-corrected chi connectivity index (χ3v) is 3.27. The molecule has 0 atom stereocenters. The van der Waals surface area contributed by atoms with Crippen molar-refractivity contribution >= 4 is 12.4 Å². The van der Waals surface area contributed by atoms with Gasteiger partial charge in [0.25, 0.3) is 0 Å². The monoisotopic (exact) mass is 259 g/mol. The molecule has 0 radical (unpaired) electrons. The maximum Gasteiger partial charge on any atom is 0.0644 e. The van der Waals surface area contributed by atoms with Crippen LogP contribution in [0, 0.1) is 19.8 Å². The number of aliphatic hydroxyl groups is 1. The summed E-state index contributed by atoms with van der Waals surface area (Å²) >= 11 is 0. The van der Waals surface area contributed by atoms with Crippen LogP contribution in [-0.2, 0) is 13.1 Å². The van der Waals surface area contributed by atoms with Crippen molar-refractivity contribution in [2.45, 2.75) is 39.8 Å². The van der Waals surface area contributed by atoms with E-state index >= 15 is 0 Å². The van der Waals surface area contributed by atoms with E-state index < -0.39 is 0 Å². The number of hydrogen-bond acceptors (Lipinski definition) is 3. The van der Waals surface area contributed by atoms with Gasteiger partial charge in [0.05, 0.1) is 18.8 Å². The molecule has 2 rings (SSSR count). The first kappa shape index (κ1) is 14.5. The summed E-state index contributed by atoms with van der Waals surface area (Å²) in [4.78, 5) is 0. The molecule has 17 heavy (non-hydrogen) atoms. The zero-order valence-electron chi connectivity index (χ0n) is 10.6. The summed E-state index contributed by atoms with van der Waals surface area (Å²) in [6.45, 7) is 6.88. The third kappa shape index (κ3) is 3.69. The van der Waals surface area contributed by atoms with Crippen LogP contribution in [0.3, 0.4) is 0 Å². The van der Waals surface area contributed by atoms with Gasteiger partial charge in [0.2, 0.25) is 0 Å². The summed E-state index contributed by atoms with van der Waals surface area (Å²) in [5.41, 5.74) is 3.54. The number of nitrogens with one attached hydrogen (secondary N) is 1. The van der Waals surface area contributed by atoms with Crippen LogP contribution >= 0.6 is 12.4 Å². The average molecular weight is 260 g/mol. The number of aryl methyl sites for hydroxylation is 1. The first-order chi connectivity index (χ1) is 7.72. The lowest BCUT2D eigenvalue weighted by Gasteiger charge is -2.05. The fourth-order valence-electron chi connectivity index (χ4n) is 2.03. The maximum absolute atomic E-state index is 8.92. The second-order valence-electron chi connectivity index (χ2n) is 4.67. The fourth-order valence-corrected chi connectivity index (χ4v) is 2.03. The molecule has 1 aliphatic carbocycles. The Morgan fingerprint density at radius 3 is 2.71 bits per heavy atom. The van der Waals surface area contributed by atoms with Crippen molar-refractivity contribution in [2.24, 2.45) is 5.92 Å². The van der Waals surface area contributed by atoms with Gasteiger partial charge in [0.15, 0.2) is 0 Å². The molecule has 0 unspecified atom stereocenters. The molecule has 0 amide bonds. The minimum atomic E-state index is 0. The van der Waals surface area contributed by atoms with Crippen LogP contribution in [0.4, 0.5) is 0 Å². The van der Waals surface area contributed by atoms with E-state index in [1.807, 2.05) is 11.6 Å². The van der Waals surface area contributed by atoms with E-state index in [9.17, 15) is 0 Å². The Morgan fingerprint density at radius 2 is 2.12 bits per heavy atom. The SMILES string of the molecule is Cc1nn(CCO)c(C)c1CNCC1CC1.Cl. The molecule has 0 bridgehead atoms. The van der Waals surface area contributed by atoms with Crippen molar-refractivity contribution in [1.29, 1.82) is 0 Å². The van der Waals surface area contributed by atoms with E-state index in [1.165, 1.54) is 24.1 Å². The molecular formula is C12H22ClN3O. The molecule has 0 saturated heterocycles.